The van der Waals surface area contributed by atoms with Crippen LogP contribution in [-0.2, 0) is 15.0 Å². The molecule has 2 fully saturated rings. The molecule has 38 heavy (non-hydrogen) atoms. The summed E-state index contributed by atoms with van der Waals surface area (Å²) in [6, 6.07) is 9.63. The second-order valence-corrected chi connectivity index (χ2v) is 10.7. The van der Waals surface area contributed by atoms with Gasteiger partial charge in [0, 0.05) is 18.1 Å². The Kier molecular flexibility index (Phi) is 5.88. The van der Waals surface area contributed by atoms with E-state index in [9.17, 15) is 23.5 Å². The van der Waals surface area contributed by atoms with Crippen molar-refractivity contribution in [1.29, 1.82) is 0 Å². The van der Waals surface area contributed by atoms with Crippen LogP contribution < -0.4 is 24.3 Å². The molecular formula is C28H29F2NO7. The van der Waals surface area contributed by atoms with Gasteiger partial charge in [-0.1, -0.05) is 12.5 Å². The minimum atomic E-state index is -3.72. The lowest BCUT2D eigenvalue weighted by molar-refractivity contribution is -0.286. The maximum atomic E-state index is 13.7. The fourth-order valence-electron chi connectivity index (χ4n) is 6.13. The third-order valence-electron chi connectivity index (χ3n) is 8.38. The molecule has 2 unspecified atom stereocenters. The van der Waals surface area contributed by atoms with Crippen molar-refractivity contribution in [2.45, 2.75) is 68.8 Å². The highest BCUT2D eigenvalue weighted by Crippen LogP contribution is 2.53. The van der Waals surface area contributed by atoms with Crippen molar-refractivity contribution >= 4 is 11.9 Å². The number of alkyl halides is 2. The quantitative estimate of drug-likeness (QED) is 0.546. The number of ether oxygens (including phenoxy) is 4. The van der Waals surface area contributed by atoms with Gasteiger partial charge in [0.05, 0.1) is 24.5 Å². The van der Waals surface area contributed by atoms with E-state index in [-0.39, 0.29) is 35.5 Å². The van der Waals surface area contributed by atoms with Gasteiger partial charge in [-0.05, 0) is 67.9 Å². The molecule has 0 aromatic heterocycles. The number of aliphatic carboxylic acids is 1. The average Bonchev–Trinajstić information content (AvgIpc) is 3.65. The van der Waals surface area contributed by atoms with Crippen LogP contribution in [0.2, 0.25) is 0 Å². The van der Waals surface area contributed by atoms with Crippen LogP contribution in [0, 0.1) is 11.8 Å². The molecule has 8 nitrogen and oxygen atoms in total. The molecule has 2 aliphatic carbocycles. The van der Waals surface area contributed by atoms with E-state index in [2.05, 4.69) is 14.8 Å². The third-order valence-corrected chi connectivity index (χ3v) is 8.38. The highest BCUT2D eigenvalue weighted by molar-refractivity contribution is 5.92. The number of carbonyl (C=O) groups excluding carboxylic acids is 1. The Balaban J connectivity index is 1.25. The molecule has 4 atom stereocenters. The van der Waals surface area contributed by atoms with Crippen LogP contribution in [0.1, 0.15) is 62.1 Å². The van der Waals surface area contributed by atoms with Crippen LogP contribution in [0.4, 0.5) is 8.78 Å². The van der Waals surface area contributed by atoms with E-state index < -0.39 is 23.6 Å². The number of amides is 1. The van der Waals surface area contributed by atoms with E-state index in [1.54, 1.807) is 19.2 Å². The number of hydrogen-bond donors (Lipinski definition) is 2. The highest BCUT2D eigenvalue weighted by Gasteiger charge is 2.53. The van der Waals surface area contributed by atoms with E-state index in [1.165, 1.54) is 12.1 Å². The zero-order chi connectivity index (χ0) is 26.7. The molecule has 0 saturated heterocycles. The topological polar surface area (TPSA) is 103 Å². The van der Waals surface area contributed by atoms with Gasteiger partial charge in [-0.2, -0.15) is 0 Å². The molecule has 1 amide bonds. The second kappa shape index (κ2) is 9.03. The van der Waals surface area contributed by atoms with Crippen molar-refractivity contribution in [3.63, 3.8) is 0 Å². The zero-order valence-electron chi connectivity index (χ0n) is 20.9. The molecule has 2 aromatic carbocycles. The smallest absolute Gasteiger partial charge is 0.497 e. The van der Waals surface area contributed by atoms with Crippen molar-refractivity contribution < 1.29 is 42.4 Å². The van der Waals surface area contributed by atoms with Gasteiger partial charge in [0.1, 0.15) is 17.6 Å². The number of carboxylic acids is 1. The summed E-state index contributed by atoms with van der Waals surface area (Å²) in [5.41, 5.74) is 0.586. The molecule has 2 aliphatic heterocycles. The van der Waals surface area contributed by atoms with E-state index in [0.29, 0.717) is 49.2 Å². The molecule has 2 aromatic rings. The summed E-state index contributed by atoms with van der Waals surface area (Å²) in [5, 5.41) is 12.8. The number of hydrogen-bond acceptors (Lipinski definition) is 6. The third kappa shape index (κ3) is 4.39. The summed E-state index contributed by atoms with van der Waals surface area (Å²) in [7, 11) is 1.57. The summed E-state index contributed by atoms with van der Waals surface area (Å²) in [4.78, 5) is 25.4. The molecule has 2 heterocycles. The van der Waals surface area contributed by atoms with E-state index >= 15 is 0 Å². The van der Waals surface area contributed by atoms with Gasteiger partial charge >= 0.3 is 12.3 Å². The van der Waals surface area contributed by atoms with Crippen molar-refractivity contribution in [3.8, 4) is 23.0 Å². The minimum absolute atomic E-state index is 0.0500. The molecule has 4 aliphatic rings. The van der Waals surface area contributed by atoms with Gasteiger partial charge in [-0.25, -0.2) is 0 Å². The fraction of sp³-hybridized carbons (Fsp3) is 0.500. The lowest BCUT2D eigenvalue weighted by Gasteiger charge is -2.39. The Bertz CT molecular complexity index is 1280. The minimum Gasteiger partial charge on any atom is -0.497 e. The van der Waals surface area contributed by atoms with Crippen molar-refractivity contribution in [1.82, 2.24) is 5.32 Å². The first-order valence-corrected chi connectivity index (χ1v) is 13.0. The Hall–Kier alpha value is -3.56. The Morgan fingerprint density at radius 3 is 2.55 bits per heavy atom. The zero-order valence-corrected chi connectivity index (χ0v) is 20.9. The molecule has 0 radical (unpaired) electrons. The van der Waals surface area contributed by atoms with Crippen LogP contribution in [-0.4, -0.2) is 36.5 Å². The Morgan fingerprint density at radius 2 is 1.82 bits per heavy atom. The molecule has 202 valence electrons. The van der Waals surface area contributed by atoms with Crippen molar-refractivity contribution in [3.05, 3.63) is 47.5 Å². The largest absolute Gasteiger partial charge is 0.586 e. The number of carbonyl (C=O) groups is 2. The van der Waals surface area contributed by atoms with Crippen molar-refractivity contribution in [2.75, 3.05) is 7.11 Å². The average molecular weight is 530 g/mol. The monoisotopic (exact) mass is 529 g/mol. The van der Waals surface area contributed by atoms with Gasteiger partial charge in [0.2, 0.25) is 5.91 Å². The molecular weight excluding hydrogens is 500 g/mol. The number of carboxylic acid groups (broad SMARTS) is 1. The maximum Gasteiger partial charge on any atom is 0.586 e. The molecule has 10 heteroatoms. The lowest BCUT2D eigenvalue weighted by Crippen LogP contribution is -2.43. The second-order valence-electron chi connectivity index (χ2n) is 10.7. The van der Waals surface area contributed by atoms with Gasteiger partial charge in [-0.15, -0.1) is 8.78 Å². The Morgan fingerprint density at radius 1 is 1.03 bits per heavy atom. The molecule has 6 rings (SSSR count). The van der Waals surface area contributed by atoms with Crippen LogP contribution in [0.5, 0.6) is 23.0 Å². The summed E-state index contributed by atoms with van der Waals surface area (Å²) >= 11 is 0. The maximum absolute atomic E-state index is 13.7. The number of methoxy groups -OCH3 is 1. The van der Waals surface area contributed by atoms with E-state index in [0.717, 1.165) is 18.4 Å². The predicted octanol–water partition coefficient (Wildman–Crippen LogP) is 4.95. The summed E-state index contributed by atoms with van der Waals surface area (Å²) in [5.74, 6) is -0.232. The van der Waals surface area contributed by atoms with Gasteiger partial charge in [0.15, 0.2) is 11.5 Å². The van der Waals surface area contributed by atoms with Crippen LogP contribution in [0.15, 0.2) is 36.4 Å². The molecule has 0 bridgehead atoms. The Labute approximate surface area is 218 Å². The van der Waals surface area contributed by atoms with E-state index in [4.69, 9.17) is 9.47 Å². The number of halogens is 2. The first kappa shape index (κ1) is 24.8. The standard InChI is InChI=1S/C28H29F2NO7/c1-35-18-6-7-19-20(14-22(36-23(19)13-18)15-3-2-4-16(11-15)25(32)33)31-26(34)27(9-10-27)17-5-8-21-24(12-17)38-28(29,30)37-21/h5-8,12-13,15-16,20,22H,2-4,9-11,14H2,1H3,(H,31,34)(H,32,33)/t15?,16?,20-,22-/m1/s1. The van der Waals surface area contributed by atoms with Gasteiger partial charge in [0.25, 0.3) is 0 Å². The lowest BCUT2D eigenvalue weighted by atomic mass is 9.76. The van der Waals surface area contributed by atoms with E-state index in [1.807, 2.05) is 12.1 Å². The number of rotatable bonds is 6. The van der Waals surface area contributed by atoms with Gasteiger partial charge < -0.3 is 29.4 Å². The van der Waals surface area contributed by atoms with Crippen LogP contribution in [0.25, 0.3) is 0 Å². The SMILES string of the molecule is COc1ccc2c(c1)O[C@@H](C1CCCC(C(=O)O)C1)C[C@H]2NC(=O)C1(c2ccc3c(c2)OC(F)(F)O3)CC1. The molecule has 0 spiro atoms. The van der Waals surface area contributed by atoms with Gasteiger partial charge in [-0.3, -0.25) is 9.59 Å². The molecule has 2 N–H and O–H groups in total. The molecule has 2 saturated carbocycles. The van der Waals surface area contributed by atoms with Crippen molar-refractivity contribution in [2.24, 2.45) is 11.8 Å². The number of nitrogens with one attached hydrogen (secondary N) is 1. The first-order chi connectivity index (χ1) is 18.2. The summed E-state index contributed by atoms with van der Waals surface area (Å²) in [6.07, 6.45) is 0.561. The number of fused-ring (bicyclic) bond motifs is 2. The summed E-state index contributed by atoms with van der Waals surface area (Å²) < 4.78 is 47.9. The fourth-order valence-corrected chi connectivity index (χ4v) is 6.13. The van der Waals surface area contributed by atoms with Crippen LogP contribution >= 0.6 is 0 Å². The normalized spacial score (nSPS) is 28.0. The first-order valence-electron chi connectivity index (χ1n) is 13.0. The summed E-state index contributed by atoms with van der Waals surface area (Å²) in [6.45, 7) is 0. The van der Waals surface area contributed by atoms with Crippen LogP contribution in [0.3, 0.4) is 0 Å². The number of benzene rings is 2. The predicted molar refractivity (Wildman–Crippen MR) is 130 cm³/mol. The highest BCUT2D eigenvalue weighted by atomic mass is 19.3.